The molecule has 0 aromatic heterocycles. The Hall–Kier alpha value is -1.65. The van der Waals surface area contributed by atoms with Gasteiger partial charge < -0.3 is 10.6 Å². The highest BCUT2D eigenvalue weighted by atomic mass is 35.5. The van der Waals surface area contributed by atoms with E-state index in [0.717, 1.165) is 4.90 Å². The van der Waals surface area contributed by atoms with Crippen LogP contribution in [0.3, 0.4) is 0 Å². The Morgan fingerprint density at radius 3 is 2.65 bits per heavy atom. The highest BCUT2D eigenvalue weighted by Gasteiger charge is 2.14. The second kappa shape index (κ2) is 6.68. The molecular weight excluding hydrogens is 292 g/mol. The van der Waals surface area contributed by atoms with E-state index in [2.05, 4.69) is 0 Å². The summed E-state index contributed by atoms with van der Waals surface area (Å²) in [7, 11) is 1.70. The van der Waals surface area contributed by atoms with Gasteiger partial charge in [0.2, 0.25) is 5.91 Å². The lowest BCUT2D eigenvalue weighted by molar-refractivity contribution is -0.115. The van der Waals surface area contributed by atoms with Gasteiger partial charge in [-0.1, -0.05) is 29.8 Å². The number of benzene rings is 2. The SMILES string of the molecule is CN(C(=O)CSc1ccccc1)c1cc(Cl)ccc1N. The molecular formula is C15H15ClN2OS. The standard InChI is InChI=1S/C15H15ClN2OS/c1-18(14-9-11(16)7-8-13(14)17)15(19)10-20-12-5-3-2-4-6-12/h2-9H,10,17H2,1H3. The Bertz CT molecular complexity index is 604. The van der Waals surface area contributed by atoms with Crippen LogP contribution in [0, 0.1) is 0 Å². The third-order valence-electron chi connectivity index (χ3n) is 2.83. The number of thioether (sulfide) groups is 1. The maximum atomic E-state index is 12.2. The van der Waals surface area contributed by atoms with Crippen LogP contribution in [0.1, 0.15) is 0 Å². The molecule has 0 saturated heterocycles. The van der Waals surface area contributed by atoms with Crippen LogP contribution in [0.15, 0.2) is 53.4 Å². The predicted octanol–water partition coefficient (Wildman–Crippen LogP) is 3.68. The lowest BCUT2D eigenvalue weighted by Gasteiger charge is -2.19. The van der Waals surface area contributed by atoms with Gasteiger partial charge in [0.15, 0.2) is 0 Å². The minimum Gasteiger partial charge on any atom is -0.397 e. The fraction of sp³-hybridized carbons (Fsp3) is 0.133. The van der Waals surface area contributed by atoms with E-state index in [9.17, 15) is 4.79 Å². The number of hydrogen-bond acceptors (Lipinski definition) is 3. The molecule has 0 aliphatic carbocycles. The van der Waals surface area contributed by atoms with Crippen LogP contribution in [-0.2, 0) is 4.79 Å². The third-order valence-corrected chi connectivity index (χ3v) is 4.07. The Morgan fingerprint density at radius 1 is 1.25 bits per heavy atom. The van der Waals surface area contributed by atoms with Gasteiger partial charge in [-0.05, 0) is 30.3 Å². The molecule has 0 aliphatic heterocycles. The molecule has 20 heavy (non-hydrogen) atoms. The van der Waals surface area contributed by atoms with Gasteiger partial charge >= 0.3 is 0 Å². The molecule has 2 N–H and O–H groups in total. The molecule has 0 fully saturated rings. The van der Waals surface area contributed by atoms with Crippen molar-refractivity contribution in [2.45, 2.75) is 4.90 Å². The Kier molecular flexibility index (Phi) is 4.93. The van der Waals surface area contributed by atoms with E-state index in [4.69, 9.17) is 17.3 Å². The first-order valence-corrected chi connectivity index (χ1v) is 7.43. The van der Waals surface area contributed by atoms with Crippen molar-refractivity contribution in [3.8, 4) is 0 Å². The van der Waals surface area contributed by atoms with Crippen molar-refractivity contribution in [1.29, 1.82) is 0 Å². The zero-order chi connectivity index (χ0) is 14.5. The van der Waals surface area contributed by atoms with Gasteiger partial charge in [0, 0.05) is 17.0 Å². The van der Waals surface area contributed by atoms with Gasteiger partial charge in [-0.2, -0.15) is 0 Å². The molecule has 0 bridgehead atoms. The first-order valence-electron chi connectivity index (χ1n) is 6.07. The molecule has 1 amide bonds. The average Bonchev–Trinajstić information content (AvgIpc) is 2.47. The molecule has 2 rings (SSSR count). The van der Waals surface area contributed by atoms with Gasteiger partial charge in [-0.25, -0.2) is 0 Å². The van der Waals surface area contributed by atoms with Gasteiger partial charge in [0.1, 0.15) is 0 Å². The number of anilines is 2. The summed E-state index contributed by atoms with van der Waals surface area (Å²) in [5.74, 6) is 0.333. The van der Waals surface area contributed by atoms with E-state index in [1.807, 2.05) is 30.3 Å². The smallest absolute Gasteiger partial charge is 0.237 e. The van der Waals surface area contributed by atoms with Crippen LogP contribution in [-0.4, -0.2) is 18.7 Å². The summed E-state index contributed by atoms with van der Waals surface area (Å²) in [5.41, 5.74) is 7.05. The second-order valence-corrected chi connectivity index (χ2v) is 5.74. The maximum Gasteiger partial charge on any atom is 0.237 e. The lowest BCUT2D eigenvalue weighted by atomic mass is 10.2. The molecule has 104 valence electrons. The summed E-state index contributed by atoms with van der Waals surface area (Å²) in [6.07, 6.45) is 0. The molecule has 0 heterocycles. The highest BCUT2D eigenvalue weighted by molar-refractivity contribution is 8.00. The molecule has 0 saturated carbocycles. The van der Waals surface area contributed by atoms with Crippen LogP contribution in [0.4, 0.5) is 11.4 Å². The molecule has 0 aliphatic rings. The van der Waals surface area contributed by atoms with E-state index in [0.29, 0.717) is 22.2 Å². The first-order chi connectivity index (χ1) is 9.58. The van der Waals surface area contributed by atoms with Gasteiger partial charge in [0.05, 0.1) is 17.1 Å². The summed E-state index contributed by atoms with van der Waals surface area (Å²) < 4.78 is 0. The monoisotopic (exact) mass is 306 g/mol. The largest absolute Gasteiger partial charge is 0.397 e. The third kappa shape index (κ3) is 3.68. The normalized spacial score (nSPS) is 10.3. The summed E-state index contributed by atoms with van der Waals surface area (Å²) in [5, 5.41) is 0.560. The highest BCUT2D eigenvalue weighted by Crippen LogP contribution is 2.27. The van der Waals surface area contributed by atoms with Gasteiger partial charge in [-0.15, -0.1) is 11.8 Å². The number of hydrogen-bond donors (Lipinski definition) is 1. The first kappa shape index (κ1) is 14.8. The number of amides is 1. The number of nitrogen functional groups attached to an aromatic ring is 1. The zero-order valence-corrected chi connectivity index (χ0v) is 12.6. The summed E-state index contributed by atoms with van der Waals surface area (Å²) in [6, 6.07) is 14.9. The Morgan fingerprint density at radius 2 is 1.95 bits per heavy atom. The van der Waals surface area contributed by atoms with Crippen LogP contribution in [0.25, 0.3) is 0 Å². The van der Waals surface area contributed by atoms with Crippen molar-refractivity contribution in [3.05, 3.63) is 53.6 Å². The number of halogens is 1. The van der Waals surface area contributed by atoms with Crippen molar-refractivity contribution in [3.63, 3.8) is 0 Å². The van der Waals surface area contributed by atoms with Gasteiger partial charge in [0.25, 0.3) is 0 Å². The molecule has 0 radical (unpaired) electrons. The van der Waals surface area contributed by atoms with E-state index in [1.165, 1.54) is 16.7 Å². The molecule has 0 spiro atoms. The van der Waals surface area contributed by atoms with Crippen molar-refractivity contribution < 1.29 is 4.79 Å². The van der Waals surface area contributed by atoms with Crippen molar-refractivity contribution in [2.24, 2.45) is 0 Å². The lowest BCUT2D eigenvalue weighted by Crippen LogP contribution is -2.28. The molecule has 5 heteroatoms. The maximum absolute atomic E-state index is 12.2. The topological polar surface area (TPSA) is 46.3 Å². The van der Waals surface area contributed by atoms with Crippen molar-refractivity contribution in [1.82, 2.24) is 0 Å². The van der Waals surface area contributed by atoms with E-state index >= 15 is 0 Å². The molecule has 2 aromatic carbocycles. The van der Waals surface area contributed by atoms with Crippen LogP contribution < -0.4 is 10.6 Å². The fourth-order valence-corrected chi connectivity index (χ4v) is 2.70. The minimum absolute atomic E-state index is 0.0205. The summed E-state index contributed by atoms with van der Waals surface area (Å²) >= 11 is 7.44. The van der Waals surface area contributed by atoms with Crippen LogP contribution in [0.5, 0.6) is 0 Å². The Labute approximate surface area is 127 Å². The summed E-state index contributed by atoms with van der Waals surface area (Å²) in [4.78, 5) is 14.8. The number of nitrogens with two attached hydrogens (primary N) is 1. The number of nitrogens with zero attached hydrogens (tertiary/aromatic N) is 1. The molecule has 2 aromatic rings. The quantitative estimate of drug-likeness (QED) is 0.692. The number of carbonyl (C=O) groups is 1. The van der Waals surface area contributed by atoms with Gasteiger partial charge in [-0.3, -0.25) is 4.79 Å². The van der Waals surface area contributed by atoms with E-state index in [1.54, 1.807) is 25.2 Å². The van der Waals surface area contributed by atoms with E-state index in [-0.39, 0.29) is 5.91 Å². The van der Waals surface area contributed by atoms with Crippen molar-refractivity contribution in [2.75, 3.05) is 23.4 Å². The molecule has 0 unspecified atom stereocenters. The Balaban J connectivity index is 2.03. The minimum atomic E-state index is -0.0205. The average molecular weight is 307 g/mol. The molecule has 0 atom stereocenters. The molecule has 3 nitrogen and oxygen atoms in total. The number of rotatable bonds is 4. The van der Waals surface area contributed by atoms with E-state index < -0.39 is 0 Å². The number of carbonyl (C=O) groups excluding carboxylic acids is 1. The summed E-state index contributed by atoms with van der Waals surface area (Å²) in [6.45, 7) is 0. The van der Waals surface area contributed by atoms with Crippen molar-refractivity contribution >= 4 is 40.6 Å². The van der Waals surface area contributed by atoms with Crippen LogP contribution in [0.2, 0.25) is 5.02 Å². The second-order valence-electron chi connectivity index (χ2n) is 4.26. The van der Waals surface area contributed by atoms with Crippen LogP contribution >= 0.6 is 23.4 Å². The zero-order valence-electron chi connectivity index (χ0n) is 11.0. The fourth-order valence-electron chi connectivity index (χ4n) is 1.70. The predicted molar refractivity (Wildman–Crippen MR) is 86.4 cm³/mol.